The van der Waals surface area contributed by atoms with Crippen LogP contribution in [0.2, 0.25) is 39.3 Å². The predicted octanol–water partition coefficient (Wildman–Crippen LogP) is 16.2. The van der Waals surface area contributed by atoms with Crippen LogP contribution in [0.1, 0.15) is 11.1 Å². The van der Waals surface area contributed by atoms with E-state index in [1.165, 1.54) is 22.5 Å². The van der Waals surface area contributed by atoms with E-state index < -0.39 is 39.4 Å². The zero-order chi connectivity index (χ0) is 49.2. The Morgan fingerprint density at radius 3 is 1.09 bits per heavy atom. The molecule has 0 bridgehead atoms. The molecule has 10 rings (SSSR count). The minimum atomic E-state index is -1.76. The lowest BCUT2D eigenvalue weighted by Crippen LogP contribution is -2.37. The van der Waals surface area contributed by atoms with Gasteiger partial charge in [-0.05, 0) is 82.2 Å². The lowest BCUT2D eigenvalue weighted by molar-refractivity contribution is 0.586. The summed E-state index contributed by atoms with van der Waals surface area (Å²) in [7, 11) is -3.51. The highest BCUT2D eigenvalue weighted by atomic mass is 28.3. The van der Waals surface area contributed by atoms with Gasteiger partial charge in [-0.15, -0.1) is 0 Å². The number of nitrogens with zero attached hydrogens (tertiary/aromatic N) is 4. The van der Waals surface area contributed by atoms with Crippen molar-refractivity contribution >= 4 is 93.0 Å². The van der Waals surface area contributed by atoms with Crippen molar-refractivity contribution in [2.24, 2.45) is 0 Å². The second kappa shape index (κ2) is 17.5. The molecule has 10 heteroatoms. The number of rotatable bonds is 10. The second-order valence-electron chi connectivity index (χ2n) is 19.7. The Hall–Kier alpha value is -8.03. The highest BCUT2D eigenvalue weighted by molar-refractivity contribution is 6.89. The van der Waals surface area contributed by atoms with Crippen LogP contribution < -0.4 is 20.2 Å². The summed E-state index contributed by atoms with van der Waals surface area (Å²) in [4.78, 5) is 3.63. The van der Waals surface area contributed by atoms with Crippen molar-refractivity contribution in [3.05, 3.63) is 204 Å². The molecule has 0 amide bonds. The van der Waals surface area contributed by atoms with E-state index in [1.807, 2.05) is 82.6 Å². The molecule has 70 heavy (non-hydrogen) atoms. The maximum absolute atomic E-state index is 16.8. The van der Waals surface area contributed by atoms with Crippen molar-refractivity contribution in [2.75, 3.05) is 9.80 Å². The maximum Gasteiger partial charge on any atom is 0.150 e. The Balaban J connectivity index is 1.24. The van der Waals surface area contributed by atoms with E-state index in [-0.39, 0.29) is 33.6 Å². The number of anilines is 6. The summed E-state index contributed by atoms with van der Waals surface area (Å²) in [5.41, 5.74) is 4.12. The molecular weight excluding hydrogens is 909 g/mol. The van der Waals surface area contributed by atoms with Crippen molar-refractivity contribution in [2.45, 2.75) is 39.3 Å². The van der Waals surface area contributed by atoms with E-state index in [0.717, 1.165) is 44.5 Å². The molecule has 0 spiro atoms. The summed E-state index contributed by atoms with van der Waals surface area (Å²) >= 11 is 0. The molecule has 0 aliphatic rings. The van der Waals surface area contributed by atoms with Crippen LogP contribution in [0.15, 0.2) is 170 Å². The van der Waals surface area contributed by atoms with Crippen molar-refractivity contribution in [1.29, 1.82) is 10.5 Å². The summed E-state index contributed by atoms with van der Waals surface area (Å²) in [5, 5.41) is 27.6. The maximum atomic E-state index is 16.8. The third kappa shape index (κ3) is 7.95. The molecule has 10 aromatic carbocycles. The van der Waals surface area contributed by atoms with Gasteiger partial charge in [0.1, 0.15) is 23.3 Å². The molecule has 342 valence electrons. The Morgan fingerprint density at radius 2 is 0.729 bits per heavy atom. The summed E-state index contributed by atoms with van der Waals surface area (Å²) in [6.45, 7) is 13.5. The van der Waals surface area contributed by atoms with E-state index >= 15 is 17.6 Å². The average Bonchev–Trinajstić information content (AvgIpc) is 3.35. The first-order valence-electron chi connectivity index (χ1n) is 23.0. The van der Waals surface area contributed by atoms with Gasteiger partial charge in [-0.1, -0.05) is 147 Å². The van der Waals surface area contributed by atoms with Gasteiger partial charge in [0.15, 0.2) is 0 Å². The lowest BCUT2D eigenvalue weighted by Gasteiger charge is -2.30. The van der Waals surface area contributed by atoms with Crippen LogP contribution in [0.25, 0.3) is 54.6 Å². The quantitative estimate of drug-likeness (QED) is 0.0779. The van der Waals surface area contributed by atoms with E-state index in [9.17, 15) is 10.5 Å². The van der Waals surface area contributed by atoms with Crippen LogP contribution >= 0.6 is 0 Å². The van der Waals surface area contributed by atoms with Crippen LogP contribution in [0.5, 0.6) is 0 Å². The molecule has 0 atom stereocenters. The van der Waals surface area contributed by atoms with Crippen LogP contribution in [0.4, 0.5) is 51.7 Å². The van der Waals surface area contributed by atoms with Gasteiger partial charge in [-0.3, -0.25) is 0 Å². The molecule has 10 aromatic rings. The minimum absolute atomic E-state index is 0.0879. The summed E-state index contributed by atoms with van der Waals surface area (Å²) in [5.74, 6) is -3.15. The Labute approximate surface area is 406 Å². The zero-order valence-corrected chi connectivity index (χ0v) is 41.5. The smallest absolute Gasteiger partial charge is 0.150 e. The second-order valence-corrected chi connectivity index (χ2v) is 29.9. The number of halogens is 4. The van der Waals surface area contributed by atoms with Crippen molar-refractivity contribution in [3.8, 4) is 34.4 Å². The fourth-order valence-corrected chi connectivity index (χ4v) is 12.0. The van der Waals surface area contributed by atoms with E-state index in [1.54, 1.807) is 48.5 Å². The third-order valence-corrected chi connectivity index (χ3v) is 17.4. The van der Waals surface area contributed by atoms with Crippen molar-refractivity contribution < 1.29 is 17.6 Å². The molecular formula is C60H46F4N4Si2. The molecule has 0 saturated heterocycles. The molecule has 0 aromatic heterocycles. The Morgan fingerprint density at radius 1 is 0.371 bits per heavy atom. The Bertz CT molecular complexity index is 3520. The molecule has 0 aliphatic carbocycles. The molecule has 0 fully saturated rings. The number of hydrogen-bond acceptors (Lipinski definition) is 4. The highest BCUT2D eigenvalue weighted by Crippen LogP contribution is 2.49. The van der Waals surface area contributed by atoms with Crippen molar-refractivity contribution in [3.63, 3.8) is 0 Å². The summed E-state index contributed by atoms with van der Waals surface area (Å²) in [6.07, 6.45) is 0. The van der Waals surface area contributed by atoms with Gasteiger partial charge in [0.25, 0.3) is 0 Å². The molecule has 0 saturated carbocycles. The normalized spacial score (nSPS) is 11.8. The van der Waals surface area contributed by atoms with E-state index in [2.05, 4.69) is 75.7 Å². The number of nitriles is 2. The van der Waals surface area contributed by atoms with Gasteiger partial charge in [0.05, 0.1) is 62.2 Å². The molecule has 4 nitrogen and oxygen atoms in total. The minimum Gasteiger partial charge on any atom is -0.307 e. The highest BCUT2D eigenvalue weighted by Gasteiger charge is 2.28. The summed E-state index contributed by atoms with van der Waals surface area (Å²) < 4.78 is 65.6. The topological polar surface area (TPSA) is 54.1 Å². The summed E-state index contributed by atoms with van der Waals surface area (Å²) in [6, 6.07) is 54.6. The van der Waals surface area contributed by atoms with Gasteiger partial charge in [-0.25, -0.2) is 17.6 Å². The Kier molecular flexibility index (Phi) is 11.4. The number of hydrogen-bond donors (Lipinski definition) is 0. The predicted molar refractivity (Wildman–Crippen MR) is 286 cm³/mol. The largest absolute Gasteiger partial charge is 0.307 e. The van der Waals surface area contributed by atoms with E-state index in [4.69, 9.17) is 0 Å². The molecule has 0 unspecified atom stereocenters. The van der Waals surface area contributed by atoms with Crippen LogP contribution in [-0.2, 0) is 0 Å². The molecule has 0 aliphatic heterocycles. The van der Waals surface area contributed by atoms with Gasteiger partial charge in [0.2, 0.25) is 0 Å². The number of benzene rings is 10. The van der Waals surface area contributed by atoms with E-state index in [0.29, 0.717) is 33.9 Å². The fraction of sp³-hybridized carbons (Fsp3) is 0.100. The first kappa shape index (κ1) is 45.7. The van der Waals surface area contributed by atoms with Crippen LogP contribution in [-0.4, -0.2) is 16.1 Å². The fourth-order valence-electron chi connectivity index (χ4n) is 9.66. The molecule has 0 radical (unpaired) electrons. The van der Waals surface area contributed by atoms with Gasteiger partial charge < -0.3 is 9.80 Å². The first-order chi connectivity index (χ1) is 33.5. The zero-order valence-electron chi connectivity index (χ0n) is 39.5. The van der Waals surface area contributed by atoms with Crippen molar-refractivity contribution in [1.82, 2.24) is 0 Å². The monoisotopic (exact) mass is 954 g/mol. The lowest BCUT2D eigenvalue weighted by atomic mass is 9.91. The SMILES string of the molecule is C[Si](C)(C)c1ccc(N(c2cc(-c3ccccc3C#N)c(F)cc2F)c2ccc3ccc4c(N(c5ccc([Si](C)(C)C)cc5)c5cc(-c6ccccc6C#N)c(F)cc5F)ccc5ccc2c3c54)cc1. The first-order valence-corrected chi connectivity index (χ1v) is 30.0. The van der Waals surface area contributed by atoms with Gasteiger partial charge in [-0.2, -0.15) is 10.5 Å². The third-order valence-electron chi connectivity index (χ3n) is 13.3. The van der Waals surface area contributed by atoms with Gasteiger partial charge >= 0.3 is 0 Å². The van der Waals surface area contributed by atoms with Crippen LogP contribution in [0, 0.1) is 45.9 Å². The standard InChI is InChI=1S/C60H46F4N4Si2/c1-69(2,3)43-23-19-41(20-24-43)67(57-31-49(51(61)33-53(57)63)45-13-9-7-11-39(45)35-65)55-29-17-37-16-28-48-56(30-18-38-15-27-47(55)59(37)60(38)48)68(42-21-25-44(26-22-42)70(4,5)6)58-32-50(52(62)34-54(58)64)46-14-10-8-12-40(46)36-66/h7-34H,1-6H3. The van der Waals surface area contributed by atoms with Crippen LogP contribution in [0.3, 0.4) is 0 Å². The average molecular weight is 955 g/mol. The molecule has 0 N–H and O–H groups in total. The molecule has 0 heterocycles. The van der Waals surface area contributed by atoms with Gasteiger partial charge in [0, 0.05) is 56.5 Å².